The molecule has 0 bridgehead atoms. The summed E-state index contributed by atoms with van der Waals surface area (Å²) in [5.41, 5.74) is 0.150. The van der Waals surface area contributed by atoms with Gasteiger partial charge < -0.3 is 9.88 Å². The van der Waals surface area contributed by atoms with Crippen LogP contribution in [-0.2, 0) is 10.0 Å². The summed E-state index contributed by atoms with van der Waals surface area (Å²) in [4.78, 5) is 30.0. The summed E-state index contributed by atoms with van der Waals surface area (Å²) in [6, 6.07) is 9.29. The van der Waals surface area contributed by atoms with Crippen LogP contribution < -0.4 is 9.73 Å². The quantitative estimate of drug-likeness (QED) is 0.604. The molecule has 2 aromatic carbocycles. The van der Waals surface area contributed by atoms with Gasteiger partial charge in [0.25, 0.3) is 15.9 Å². The maximum absolute atomic E-state index is 13.3. The molecule has 0 saturated heterocycles. The number of rotatable bonds is 7. The number of anilines is 1. The molecule has 0 aliphatic rings. The number of nitrogens with zero attached hydrogens (tertiary/aromatic N) is 2. The lowest BCUT2D eigenvalue weighted by molar-refractivity contribution is 0.0771. The summed E-state index contributed by atoms with van der Waals surface area (Å²) in [6.45, 7) is 6.30. The largest absolute Gasteiger partial charge is 0.360 e. The molecule has 164 valence electrons. The number of H-pyrrole nitrogens is 1. The maximum atomic E-state index is 13.3. The lowest BCUT2D eigenvalue weighted by Crippen LogP contribution is -2.34. The van der Waals surface area contributed by atoms with Gasteiger partial charge in [0.05, 0.1) is 10.6 Å². The highest BCUT2D eigenvalue weighted by atomic mass is 32.2. The molecule has 0 spiro atoms. The Morgan fingerprint density at radius 1 is 1.00 bits per heavy atom. The fourth-order valence-corrected chi connectivity index (χ4v) is 4.92. The van der Waals surface area contributed by atoms with Crippen LogP contribution in [0.3, 0.4) is 0 Å². The Balaban J connectivity index is 2.12. The van der Waals surface area contributed by atoms with Crippen molar-refractivity contribution in [2.75, 3.05) is 23.9 Å². The summed E-state index contributed by atoms with van der Waals surface area (Å²) in [6.07, 6.45) is 1.36. The van der Waals surface area contributed by atoms with Gasteiger partial charge in [-0.1, -0.05) is 0 Å². The molecular weight excluding hydrogens is 421 g/mol. The minimum Gasteiger partial charge on any atom is -0.360 e. The molecule has 0 radical (unpaired) electrons. The molecule has 7 nitrogen and oxygen atoms in total. The molecule has 0 aliphatic carbocycles. The highest BCUT2D eigenvalue weighted by Gasteiger charge is 2.25. The molecule has 0 unspecified atom stereocenters. The SMILES string of the molecule is CCN(CC)C(=O)c1c[nH]c2ccc(S(=O)(=O)N(CC)c3ccc(F)cc3)cc2c1=O. The van der Waals surface area contributed by atoms with Crippen molar-refractivity contribution in [3.8, 4) is 0 Å². The molecule has 0 atom stereocenters. The number of benzene rings is 2. The lowest BCUT2D eigenvalue weighted by atomic mass is 10.1. The van der Waals surface area contributed by atoms with Crippen LogP contribution in [0.2, 0.25) is 0 Å². The Labute approximate surface area is 180 Å². The van der Waals surface area contributed by atoms with Gasteiger partial charge in [0, 0.05) is 36.7 Å². The zero-order chi connectivity index (χ0) is 22.8. The molecule has 31 heavy (non-hydrogen) atoms. The number of amides is 1. The van der Waals surface area contributed by atoms with E-state index in [4.69, 9.17) is 0 Å². The summed E-state index contributed by atoms with van der Waals surface area (Å²) in [7, 11) is -4.02. The standard InChI is InChI=1S/C22H24FN3O4S/c1-4-25(5-2)22(28)19-14-24-20-12-11-17(13-18(20)21(19)27)31(29,30)26(6-3)16-9-7-15(23)8-10-16/h7-14H,4-6H2,1-3H3,(H,24,27). The first-order chi connectivity index (χ1) is 14.7. The van der Waals surface area contributed by atoms with Crippen LogP contribution >= 0.6 is 0 Å². The van der Waals surface area contributed by atoms with Crippen LogP contribution in [0.1, 0.15) is 31.1 Å². The van der Waals surface area contributed by atoms with Crippen molar-refractivity contribution >= 4 is 32.5 Å². The summed E-state index contributed by atoms with van der Waals surface area (Å²) < 4.78 is 40.9. The number of fused-ring (bicyclic) bond motifs is 1. The Hall–Kier alpha value is -3.20. The van der Waals surface area contributed by atoms with Gasteiger partial charge in [0.2, 0.25) is 5.43 Å². The van der Waals surface area contributed by atoms with Crippen molar-refractivity contribution in [2.24, 2.45) is 0 Å². The highest BCUT2D eigenvalue weighted by Crippen LogP contribution is 2.25. The first-order valence-corrected chi connectivity index (χ1v) is 11.4. The first-order valence-electron chi connectivity index (χ1n) is 9.97. The third kappa shape index (κ3) is 4.18. The minimum absolute atomic E-state index is 0.0448. The van der Waals surface area contributed by atoms with Crippen LogP contribution in [-0.4, -0.2) is 43.8 Å². The predicted octanol–water partition coefficient (Wildman–Crippen LogP) is 3.36. The van der Waals surface area contributed by atoms with Crippen molar-refractivity contribution < 1.29 is 17.6 Å². The molecule has 0 saturated carbocycles. The van der Waals surface area contributed by atoms with E-state index in [1.807, 2.05) is 13.8 Å². The van der Waals surface area contributed by atoms with E-state index >= 15 is 0 Å². The Morgan fingerprint density at radius 3 is 2.23 bits per heavy atom. The van der Waals surface area contributed by atoms with E-state index < -0.39 is 27.2 Å². The molecule has 1 amide bonds. The third-order valence-corrected chi connectivity index (χ3v) is 7.02. The fraction of sp³-hybridized carbons (Fsp3) is 0.273. The number of halogens is 1. The molecule has 1 aromatic heterocycles. The van der Waals surface area contributed by atoms with Crippen molar-refractivity contribution in [1.29, 1.82) is 0 Å². The number of carbonyl (C=O) groups is 1. The number of aromatic amines is 1. The van der Waals surface area contributed by atoms with E-state index in [0.29, 0.717) is 24.3 Å². The third-order valence-electron chi connectivity index (χ3n) is 5.12. The van der Waals surface area contributed by atoms with Crippen molar-refractivity contribution in [3.05, 3.63) is 70.3 Å². The number of nitrogens with one attached hydrogen (secondary N) is 1. The molecule has 3 rings (SSSR count). The van der Waals surface area contributed by atoms with Crippen molar-refractivity contribution in [1.82, 2.24) is 9.88 Å². The smallest absolute Gasteiger partial charge is 0.264 e. The van der Waals surface area contributed by atoms with Crippen LogP contribution in [0.15, 0.2) is 58.4 Å². The van der Waals surface area contributed by atoms with Gasteiger partial charge in [-0.25, -0.2) is 12.8 Å². The van der Waals surface area contributed by atoms with Gasteiger partial charge in [-0.2, -0.15) is 0 Å². The highest BCUT2D eigenvalue weighted by molar-refractivity contribution is 7.92. The van der Waals surface area contributed by atoms with Crippen LogP contribution in [0.4, 0.5) is 10.1 Å². The monoisotopic (exact) mass is 445 g/mol. The summed E-state index contributed by atoms with van der Waals surface area (Å²) in [5, 5.41) is 0.106. The zero-order valence-electron chi connectivity index (χ0n) is 17.6. The first kappa shape index (κ1) is 22.5. The van der Waals surface area contributed by atoms with E-state index in [2.05, 4.69) is 4.98 Å². The van der Waals surface area contributed by atoms with Crippen LogP contribution in [0.5, 0.6) is 0 Å². The summed E-state index contributed by atoms with van der Waals surface area (Å²) >= 11 is 0. The summed E-state index contributed by atoms with van der Waals surface area (Å²) in [5.74, 6) is -0.886. The number of hydrogen-bond donors (Lipinski definition) is 1. The van der Waals surface area contributed by atoms with Crippen molar-refractivity contribution in [2.45, 2.75) is 25.7 Å². The molecule has 0 fully saturated rings. The van der Waals surface area contributed by atoms with Crippen molar-refractivity contribution in [3.63, 3.8) is 0 Å². The predicted molar refractivity (Wildman–Crippen MR) is 118 cm³/mol. The lowest BCUT2D eigenvalue weighted by Gasteiger charge is -2.23. The maximum Gasteiger partial charge on any atom is 0.264 e. The van der Waals surface area contributed by atoms with Gasteiger partial charge in [-0.05, 0) is 63.2 Å². The number of pyridine rings is 1. The van der Waals surface area contributed by atoms with E-state index in [1.165, 1.54) is 53.6 Å². The number of sulfonamides is 1. The molecule has 9 heteroatoms. The second-order valence-corrected chi connectivity index (χ2v) is 8.72. The number of carbonyl (C=O) groups excluding carboxylic acids is 1. The van der Waals surface area contributed by atoms with E-state index in [1.54, 1.807) is 6.92 Å². The zero-order valence-corrected chi connectivity index (χ0v) is 18.4. The second kappa shape index (κ2) is 8.89. The number of aromatic nitrogens is 1. The second-order valence-electron chi connectivity index (χ2n) is 6.86. The van der Waals surface area contributed by atoms with Gasteiger partial charge in [0.15, 0.2) is 0 Å². The van der Waals surface area contributed by atoms with Gasteiger partial charge >= 0.3 is 0 Å². The normalized spacial score (nSPS) is 11.5. The van der Waals surface area contributed by atoms with E-state index in [-0.39, 0.29) is 22.4 Å². The van der Waals surface area contributed by atoms with Gasteiger partial charge in [-0.15, -0.1) is 0 Å². The average molecular weight is 446 g/mol. The Morgan fingerprint density at radius 2 is 1.65 bits per heavy atom. The van der Waals surface area contributed by atoms with E-state index in [9.17, 15) is 22.4 Å². The Bertz CT molecular complexity index is 1270. The minimum atomic E-state index is -4.02. The molecule has 1 heterocycles. The molecule has 3 aromatic rings. The molecule has 0 aliphatic heterocycles. The van der Waals surface area contributed by atoms with Crippen LogP contribution in [0, 0.1) is 5.82 Å². The Kier molecular flexibility index (Phi) is 6.45. The topological polar surface area (TPSA) is 90.6 Å². The molecule has 1 N–H and O–H groups in total. The van der Waals surface area contributed by atoms with Gasteiger partial charge in [0.1, 0.15) is 11.4 Å². The molecular formula is C22H24FN3O4S. The average Bonchev–Trinajstić information content (AvgIpc) is 2.76. The number of hydrogen-bond acceptors (Lipinski definition) is 4. The van der Waals surface area contributed by atoms with E-state index in [0.717, 1.165) is 4.31 Å². The fourth-order valence-electron chi connectivity index (χ4n) is 3.42. The van der Waals surface area contributed by atoms with Crippen LogP contribution in [0.25, 0.3) is 10.9 Å². The van der Waals surface area contributed by atoms with Gasteiger partial charge in [-0.3, -0.25) is 13.9 Å².